The van der Waals surface area contributed by atoms with Crippen molar-refractivity contribution in [2.45, 2.75) is 64.5 Å². The van der Waals surface area contributed by atoms with Crippen LogP contribution < -0.4 is 11.1 Å². The molecular formula is C12H24N2O3. The molecule has 0 saturated heterocycles. The molecule has 0 aromatic heterocycles. The van der Waals surface area contributed by atoms with E-state index in [9.17, 15) is 9.59 Å². The molecule has 17 heavy (non-hydrogen) atoms. The van der Waals surface area contributed by atoms with Crippen LogP contribution in [0, 0.1) is 0 Å². The summed E-state index contributed by atoms with van der Waals surface area (Å²) in [6, 6.07) is -0.961. The van der Waals surface area contributed by atoms with Crippen LogP contribution in [0.5, 0.6) is 0 Å². The monoisotopic (exact) mass is 244 g/mol. The van der Waals surface area contributed by atoms with Gasteiger partial charge in [0.2, 0.25) is 5.91 Å². The van der Waals surface area contributed by atoms with Crippen molar-refractivity contribution in [3.63, 3.8) is 0 Å². The van der Waals surface area contributed by atoms with E-state index in [0.717, 1.165) is 25.7 Å². The number of rotatable bonds is 9. The largest absolute Gasteiger partial charge is 0.480 e. The molecule has 0 aromatic carbocycles. The highest BCUT2D eigenvalue weighted by Gasteiger charge is 2.19. The summed E-state index contributed by atoms with van der Waals surface area (Å²) in [5.74, 6) is -1.25. The summed E-state index contributed by atoms with van der Waals surface area (Å²) in [7, 11) is 0. The Morgan fingerprint density at radius 1 is 1.24 bits per heavy atom. The first-order chi connectivity index (χ1) is 8.01. The van der Waals surface area contributed by atoms with Crippen molar-refractivity contribution in [2.24, 2.45) is 5.73 Å². The summed E-state index contributed by atoms with van der Waals surface area (Å²) in [5, 5.41) is 11.5. The Balaban J connectivity index is 4.07. The molecule has 0 aliphatic carbocycles. The first kappa shape index (κ1) is 15.9. The predicted octanol–water partition coefficient (Wildman–Crippen LogP) is 1.26. The van der Waals surface area contributed by atoms with Gasteiger partial charge in [0.25, 0.3) is 0 Å². The maximum atomic E-state index is 11.6. The Morgan fingerprint density at radius 3 is 2.35 bits per heavy atom. The molecule has 1 unspecified atom stereocenters. The van der Waals surface area contributed by atoms with Gasteiger partial charge in [-0.15, -0.1) is 0 Å². The molecule has 0 rings (SSSR count). The number of unbranched alkanes of at least 4 members (excludes halogenated alkanes) is 1. The number of carbonyl (C=O) groups excluding carboxylic acids is 1. The molecule has 1 amide bonds. The first-order valence-electron chi connectivity index (χ1n) is 6.29. The van der Waals surface area contributed by atoms with E-state index < -0.39 is 12.0 Å². The van der Waals surface area contributed by atoms with Crippen molar-refractivity contribution in [1.82, 2.24) is 5.32 Å². The minimum atomic E-state index is -0.976. The average molecular weight is 244 g/mol. The van der Waals surface area contributed by atoms with Gasteiger partial charge < -0.3 is 16.2 Å². The molecular weight excluding hydrogens is 220 g/mol. The van der Waals surface area contributed by atoms with Crippen molar-refractivity contribution in [3.05, 3.63) is 0 Å². The maximum Gasteiger partial charge on any atom is 0.326 e. The molecule has 0 fully saturated rings. The van der Waals surface area contributed by atoms with Crippen LogP contribution in [0.4, 0.5) is 0 Å². The Kier molecular flexibility index (Phi) is 8.40. The van der Waals surface area contributed by atoms with Crippen molar-refractivity contribution in [3.8, 4) is 0 Å². The van der Waals surface area contributed by atoms with Gasteiger partial charge in [0.05, 0.1) is 0 Å². The third-order valence-corrected chi connectivity index (χ3v) is 2.59. The minimum Gasteiger partial charge on any atom is -0.480 e. The highest BCUT2D eigenvalue weighted by Crippen LogP contribution is 2.03. The SMILES string of the molecule is CCCC[C@H](NC(=O)CC(N)CCC)C(=O)O. The number of carboxylic acids is 1. The smallest absolute Gasteiger partial charge is 0.326 e. The van der Waals surface area contributed by atoms with Gasteiger partial charge in [-0.2, -0.15) is 0 Å². The van der Waals surface area contributed by atoms with Crippen LogP contribution in [0.2, 0.25) is 0 Å². The van der Waals surface area contributed by atoms with E-state index in [1.54, 1.807) is 0 Å². The number of aliphatic carboxylic acids is 1. The molecule has 0 bridgehead atoms. The van der Waals surface area contributed by atoms with Gasteiger partial charge in [-0.3, -0.25) is 4.79 Å². The summed E-state index contributed by atoms with van der Waals surface area (Å²) >= 11 is 0. The average Bonchev–Trinajstić information content (AvgIpc) is 2.23. The highest BCUT2D eigenvalue weighted by molar-refractivity contribution is 5.83. The van der Waals surface area contributed by atoms with Gasteiger partial charge in [0.1, 0.15) is 6.04 Å². The van der Waals surface area contributed by atoms with Gasteiger partial charge >= 0.3 is 5.97 Å². The summed E-state index contributed by atoms with van der Waals surface area (Å²) in [6.45, 7) is 3.98. The van der Waals surface area contributed by atoms with Crippen molar-refractivity contribution in [2.75, 3.05) is 0 Å². The van der Waals surface area contributed by atoms with Crippen LogP contribution in [0.3, 0.4) is 0 Å². The number of carbonyl (C=O) groups is 2. The Hall–Kier alpha value is -1.10. The third-order valence-electron chi connectivity index (χ3n) is 2.59. The Labute approximate surface area is 103 Å². The van der Waals surface area contributed by atoms with Crippen LogP contribution in [0.25, 0.3) is 0 Å². The van der Waals surface area contributed by atoms with Gasteiger partial charge in [0.15, 0.2) is 0 Å². The fourth-order valence-electron chi connectivity index (χ4n) is 1.63. The predicted molar refractivity (Wildman–Crippen MR) is 66.6 cm³/mol. The Bertz CT molecular complexity index is 244. The molecule has 0 heterocycles. The molecule has 0 aliphatic heterocycles. The highest BCUT2D eigenvalue weighted by atomic mass is 16.4. The van der Waals surface area contributed by atoms with Gasteiger partial charge in [-0.25, -0.2) is 4.79 Å². The van der Waals surface area contributed by atoms with Crippen LogP contribution in [0.15, 0.2) is 0 Å². The number of hydrogen-bond acceptors (Lipinski definition) is 3. The lowest BCUT2D eigenvalue weighted by molar-refractivity contribution is -0.142. The van der Waals surface area contributed by atoms with E-state index in [-0.39, 0.29) is 18.4 Å². The van der Waals surface area contributed by atoms with Gasteiger partial charge in [-0.1, -0.05) is 33.1 Å². The van der Waals surface area contributed by atoms with E-state index in [2.05, 4.69) is 5.32 Å². The van der Waals surface area contributed by atoms with Crippen LogP contribution in [-0.4, -0.2) is 29.1 Å². The molecule has 0 aliphatic rings. The summed E-state index contributed by atoms with van der Waals surface area (Å²) in [4.78, 5) is 22.5. The molecule has 5 heteroatoms. The standard InChI is InChI=1S/C12H24N2O3/c1-3-5-7-10(12(16)17)14-11(15)8-9(13)6-4-2/h9-10H,3-8,13H2,1-2H3,(H,14,15)(H,16,17)/t9?,10-/m0/s1. The fraction of sp³-hybridized carbons (Fsp3) is 0.833. The zero-order chi connectivity index (χ0) is 13.3. The van der Waals surface area contributed by atoms with Crippen LogP contribution in [-0.2, 0) is 9.59 Å². The van der Waals surface area contributed by atoms with Crippen LogP contribution in [0.1, 0.15) is 52.4 Å². The second-order valence-corrected chi connectivity index (χ2v) is 4.35. The second-order valence-electron chi connectivity index (χ2n) is 4.35. The second kappa shape index (κ2) is 8.98. The maximum absolute atomic E-state index is 11.6. The zero-order valence-corrected chi connectivity index (χ0v) is 10.7. The molecule has 5 nitrogen and oxygen atoms in total. The molecule has 4 N–H and O–H groups in total. The summed E-state index contributed by atoms with van der Waals surface area (Å²) in [6.07, 6.45) is 4.07. The van der Waals surface area contributed by atoms with Gasteiger partial charge in [0, 0.05) is 12.5 Å². The minimum absolute atomic E-state index is 0.180. The fourth-order valence-corrected chi connectivity index (χ4v) is 1.63. The lowest BCUT2D eigenvalue weighted by Crippen LogP contribution is -2.42. The molecule has 0 aromatic rings. The van der Waals surface area contributed by atoms with Crippen molar-refractivity contribution in [1.29, 1.82) is 0 Å². The van der Waals surface area contributed by atoms with E-state index in [1.807, 2.05) is 13.8 Å². The topological polar surface area (TPSA) is 92.4 Å². The van der Waals surface area contributed by atoms with E-state index in [4.69, 9.17) is 10.8 Å². The number of amides is 1. The molecule has 0 saturated carbocycles. The molecule has 0 spiro atoms. The summed E-state index contributed by atoms with van der Waals surface area (Å²) < 4.78 is 0. The number of nitrogens with two attached hydrogens (primary N) is 1. The lowest BCUT2D eigenvalue weighted by Gasteiger charge is -2.16. The van der Waals surface area contributed by atoms with Crippen molar-refractivity contribution < 1.29 is 14.7 Å². The van der Waals surface area contributed by atoms with Crippen molar-refractivity contribution >= 4 is 11.9 Å². The molecule has 0 radical (unpaired) electrons. The number of hydrogen-bond donors (Lipinski definition) is 3. The van der Waals surface area contributed by atoms with Crippen LogP contribution >= 0.6 is 0 Å². The van der Waals surface area contributed by atoms with E-state index >= 15 is 0 Å². The normalized spacial score (nSPS) is 14.1. The quantitative estimate of drug-likeness (QED) is 0.569. The molecule has 2 atom stereocenters. The Morgan fingerprint density at radius 2 is 1.88 bits per heavy atom. The van der Waals surface area contributed by atoms with Gasteiger partial charge in [-0.05, 0) is 12.8 Å². The lowest BCUT2D eigenvalue weighted by atomic mass is 10.1. The number of nitrogens with one attached hydrogen (secondary N) is 1. The molecule has 100 valence electrons. The van der Waals surface area contributed by atoms with E-state index in [1.165, 1.54) is 0 Å². The third kappa shape index (κ3) is 7.74. The number of carboxylic acid groups (broad SMARTS) is 1. The van der Waals surface area contributed by atoms with E-state index in [0.29, 0.717) is 6.42 Å². The zero-order valence-electron chi connectivity index (χ0n) is 10.7. The summed E-state index contributed by atoms with van der Waals surface area (Å²) in [5.41, 5.74) is 5.73. The first-order valence-corrected chi connectivity index (χ1v) is 6.29.